The van der Waals surface area contributed by atoms with Crippen molar-refractivity contribution in [2.45, 2.75) is 6.61 Å². The number of halogens is 2. The van der Waals surface area contributed by atoms with E-state index in [1.54, 1.807) is 31.4 Å². The molecule has 2 aromatic carbocycles. The van der Waals surface area contributed by atoms with Crippen molar-refractivity contribution in [1.82, 2.24) is 0 Å². The first kappa shape index (κ1) is 17.8. The van der Waals surface area contributed by atoms with Crippen LogP contribution in [0.4, 0.5) is 4.39 Å². The summed E-state index contributed by atoms with van der Waals surface area (Å²) in [6, 6.07) is 9.49. The van der Waals surface area contributed by atoms with Gasteiger partial charge in [0.1, 0.15) is 12.4 Å². The van der Waals surface area contributed by atoms with E-state index in [0.29, 0.717) is 11.5 Å². The summed E-state index contributed by atoms with van der Waals surface area (Å²) in [5.41, 5.74) is 0.876. The van der Waals surface area contributed by atoms with E-state index in [1.807, 2.05) is 0 Å². The first-order chi connectivity index (χ1) is 11.5. The number of methoxy groups -OCH3 is 2. The Morgan fingerprint density at radius 1 is 1.17 bits per heavy atom. The monoisotopic (exact) mass is 350 g/mol. The first-order valence-electron chi connectivity index (χ1n) is 7.05. The van der Waals surface area contributed by atoms with Gasteiger partial charge in [-0.1, -0.05) is 23.7 Å². The minimum Gasteiger partial charge on any atom is -0.493 e. The molecule has 6 heteroatoms. The Balaban J connectivity index is 2.00. The number of hydrogen-bond donors (Lipinski definition) is 0. The lowest BCUT2D eigenvalue weighted by Crippen LogP contribution is -2.03. The average Bonchev–Trinajstić information content (AvgIpc) is 2.59. The van der Waals surface area contributed by atoms with Crippen LogP contribution in [0, 0.1) is 5.82 Å². The Morgan fingerprint density at radius 2 is 1.92 bits per heavy atom. The van der Waals surface area contributed by atoms with Gasteiger partial charge in [-0.25, -0.2) is 9.18 Å². The van der Waals surface area contributed by atoms with Crippen molar-refractivity contribution in [3.05, 3.63) is 64.4 Å². The highest BCUT2D eigenvalue weighted by atomic mass is 35.5. The molecule has 0 fully saturated rings. The van der Waals surface area contributed by atoms with Crippen LogP contribution in [-0.4, -0.2) is 20.2 Å². The molecule has 126 valence electrons. The van der Waals surface area contributed by atoms with E-state index in [-0.39, 0.29) is 17.2 Å². The number of rotatable bonds is 6. The first-order valence-corrected chi connectivity index (χ1v) is 7.42. The predicted octanol–water partition coefficient (Wildman–Crippen LogP) is 4.25. The fourth-order valence-electron chi connectivity index (χ4n) is 1.98. The summed E-state index contributed by atoms with van der Waals surface area (Å²) in [6.07, 6.45) is 2.81. The second-order valence-electron chi connectivity index (χ2n) is 4.76. The molecule has 0 spiro atoms. The Morgan fingerprint density at radius 3 is 2.58 bits per heavy atom. The molecule has 4 nitrogen and oxygen atoms in total. The maximum atomic E-state index is 13.6. The van der Waals surface area contributed by atoms with Crippen molar-refractivity contribution in [3.8, 4) is 11.5 Å². The molecule has 2 aromatic rings. The average molecular weight is 351 g/mol. The summed E-state index contributed by atoms with van der Waals surface area (Å²) in [7, 11) is 3.07. The van der Waals surface area contributed by atoms with Crippen LogP contribution in [0.5, 0.6) is 11.5 Å². The van der Waals surface area contributed by atoms with Crippen LogP contribution >= 0.6 is 11.6 Å². The zero-order valence-corrected chi connectivity index (χ0v) is 14.0. The van der Waals surface area contributed by atoms with Crippen molar-refractivity contribution >= 4 is 23.6 Å². The molecular formula is C18H16ClFO4. The molecule has 0 N–H and O–H groups in total. The predicted molar refractivity (Wildman–Crippen MR) is 89.8 cm³/mol. The fraction of sp³-hybridized carbons (Fsp3) is 0.167. The quantitative estimate of drug-likeness (QED) is 0.577. The van der Waals surface area contributed by atoms with E-state index in [1.165, 1.54) is 31.4 Å². The summed E-state index contributed by atoms with van der Waals surface area (Å²) in [6.45, 7) is -0.236. The van der Waals surface area contributed by atoms with Crippen molar-refractivity contribution in [1.29, 1.82) is 0 Å². The standard InChI is InChI=1S/C18H16ClFO4/c1-22-16-8-6-12(10-17(16)23-2)7-9-18(21)24-11-13-14(19)4-3-5-15(13)20/h3-10H,11H2,1-2H3. The lowest BCUT2D eigenvalue weighted by molar-refractivity contribution is -0.138. The second-order valence-corrected chi connectivity index (χ2v) is 5.16. The molecule has 0 aliphatic heterocycles. The van der Waals surface area contributed by atoms with E-state index >= 15 is 0 Å². The molecule has 0 aliphatic carbocycles. The molecule has 2 rings (SSSR count). The smallest absolute Gasteiger partial charge is 0.331 e. The van der Waals surface area contributed by atoms with Gasteiger partial charge in [-0.15, -0.1) is 0 Å². The molecule has 0 amide bonds. The Labute approximate surface area is 144 Å². The largest absolute Gasteiger partial charge is 0.493 e. The molecular weight excluding hydrogens is 335 g/mol. The van der Waals surface area contributed by atoms with Crippen LogP contribution in [0.15, 0.2) is 42.5 Å². The van der Waals surface area contributed by atoms with Crippen molar-refractivity contribution < 1.29 is 23.4 Å². The van der Waals surface area contributed by atoms with Gasteiger partial charge in [-0.05, 0) is 35.9 Å². The van der Waals surface area contributed by atoms with Gasteiger partial charge >= 0.3 is 5.97 Å². The van der Waals surface area contributed by atoms with Crippen LogP contribution in [0.1, 0.15) is 11.1 Å². The van der Waals surface area contributed by atoms with Crippen LogP contribution in [-0.2, 0) is 16.1 Å². The molecule has 0 unspecified atom stereocenters. The van der Waals surface area contributed by atoms with Gasteiger partial charge in [0.05, 0.1) is 19.2 Å². The van der Waals surface area contributed by atoms with E-state index in [4.69, 9.17) is 25.8 Å². The topological polar surface area (TPSA) is 44.8 Å². The summed E-state index contributed by atoms with van der Waals surface area (Å²) >= 11 is 5.87. The Bertz CT molecular complexity index is 738. The number of carbonyl (C=O) groups is 1. The van der Waals surface area contributed by atoms with Crippen molar-refractivity contribution in [2.24, 2.45) is 0 Å². The highest BCUT2D eigenvalue weighted by molar-refractivity contribution is 6.31. The number of carbonyl (C=O) groups excluding carboxylic acids is 1. The number of benzene rings is 2. The minimum absolute atomic E-state index is 0.145. The van der Waals surface area contributed by atoms with Crippen LogP contribution in [0.2, 0.25) is 5.02 Å². The van der Waals surface area contributed by atoms with E-state index in [0.717, 1.165) is 5.56 Å². The molecule has 0 saturated heterocycles. The molecule has 0 aliphatic rings. The Hall–Kier alpha value is -2.53. The number of hydrogen-bond acceptors (Lipinski definition) is 4. The second kappa shape index (κ2) is 8.36. The lowest BCUT2D eigenvalue weighted by atomic mass is 10.2. The minimum atomic E-state index is -0.607. The van der Waals surface area contributed by atoms with Crippen LogP contribution in [0.25, 0.3) is 6.08 Å². The molecule has 24 heavy (non-hydrogen) atoms. The zero-order chi connectivity index (χ0) is 17.5. The Kier molecular flexibility index (Phi) is 6.21. The highest BCUT2D eigenvalue weighted by Crippen LogP contribution is 2.28. The van der Waals surface area contributed by atoms with Crippen LogP contribution in [0.3, 0.4) is 0 Å². The molecule has 0 saturated carbocycles. The molecule has 0 bridgehead atoms. The van der Waals surface area contributed by atoms with E-state index in [9.17, 15) is 9.18 Å². The normalized spacial score (nSPS) is 10.7. The zero-order valence-electron chi connectivity index (χ0n) is 13.2. The molecule has 0 radical (unpaired) electrons. The third-order valence-electron chi connectivity index (χ3n) is 3.24. The summed E-state index contributed by atoms with van der Waals surface area (Å²) in [5.74, 6) is 0.0147. The molecule has 0 aromatic heterocycles. The lowest BCUT2D eigenvalue weighted by Gasteiger charge is -2.08. The van der Waals surface area contributed by atoms with Gasteiger partial charge < -0.3 is 14.2 Å². The van der Waals surface area contributed by atoms with Gasteiger partial charge in [0.15, 0.2) is 11.5 Å². The van der Waals surface area contributed by atoms with Gasteiger partial charge in [-0.2, -0.15) is 0 Å². The SMILES string of the molecule is COc1ccc(C=CC(=O)OCc2c(F)cccc2Cl)cc1OC. The third-order valence-corrected chi connectivity index (χ3v) is 3.59. The van der Waals surface area contributed by atoms with Crippen LogP contribution < -0.4 is 9.47 Å². The van der Waals surface area contributed by atoms with Gasteiger partial charge in [0.2, 0.25) is 0 Å². The van der Waals surface area contributed by atoms with Crippen molar-refractivity contribution in [2.75, 3.05) is 14.2 Å². The van der Waals surface area contributed by atoms with Crippen molar-refractivity contribution in [3.63, 3.8) is 0 Å². The van der Waals surface area contributed by atoms with Gasteiger partial charge in [0, 0.05) is 11.6 Å². The molecule has 0 atom stereocenters. The maximum Gasteiger partial charge on any atom is 0.331 e. The van der Waals surface area contributed by atoms with Gasteiger partial charge in [0.25, 0.3) is 0 Å². The fourth-order valence-corrected chi connectivity index (χ4v) is 2.20. The highest BCUT2D eigenvalue weighted by Gasteiger charge is 2.09. The van der Waals surface area contributed by atoms with E-state index in [2.05, 4.69) is 0 Å². The third kappa shape index (κ3) is 4.49. The summed E-state index contributed by atoms with van der Waals surface area (Å²) < 4.78 is 28.9. The van der Waals surface area contributed by atoms with Gasteiger partial charge in [-0.3, -0.25) is 0 Å². The maximum absolute atomic E-state index is 13.6. The van der Waals surface area contributed by atoms with E-state index < -0.39 is 11.8 Å². The molecule has 0 heterocycles. The number of esters is 1. The summed E-state index contributed by atoms with van der Waals surface area (Å²) in [5, 5.41) is 0.215. The number of ether oxygens (including phenoxy) is 3. The summed E-state index contributed by atoms with van der Waals surface area (Å²) in [4.78, 5) is 11.8.